The summed E-state index contributed by atoms with van der Waals surface area (Å²) in [6, 6.07) is 4.04. The van der Waals surface area contributed by atoms with E-state index in [0.29, 0.717) is 5.02 Å². The lowest BCUT2D eigenvalue weighted by molar-refractivity contribution is 0.0694. The van der Waals surface area contributed by atoms with Gasteiger partial charge in [-0.3, -0.25) is 4.79 Å². The van der Waals surface area contributed by atoms with Crippen LogP contribution in [0.5, 0.6) is 11.6 Å². The van der Waals surface area contributed by atoms with E-state index in [2.05, 4.69) is 4.98 Å². The van der Waals surface area contributed by atoms with Crippen LogP contribution in [0.4, 0.5) is 0 Å². The number of aromatic carboxylic acids is 1. The largest absolute Gasteiger partial charge is 0.478 e. The van der Waals surface area contributed by atoms with E-state index in [0.717, 1.165) is 0 Å². The van der Waals surface area contributed by atoms with E-state index in [1.165, 1.54) is 42.2 Å². The van der Waals surface area contributed by atoms with E-state index < -0.39 is 11.5 Å². The van der Waals surface area contributed by atoms with Gasteiger partial charge in [0.25, 0.3) is 5.88 Å². The molecule has 0 unspecified atom stereocenters. The minimum Gasteiger partial charge on any atom is -0.478 e. The van der Waals surface area contributed by atoms with Crippen molar-refractivity contribution < 1.29 is 14.6 Å². The first-order chi connectivity index (χ1) is 8.99. The molecule has 0 aliphatic carbocycles. The molecule has 0 fully saturated rings. The second kappa shape index (κ2) is 5.11. The normalized spacial score (nSPS) is 10.2. The molecule has 0 aliphatic heterocycles. The minimum absolute atomic E-state index is 0.0317. The molecule has 2 rings (SSSR count). The van der Waals surface area contributed by atoms with Gasteiger partial charge < -0.3 is 14.4 Å². The highest BCUT2D eigenvalue weighted by molar-refractivity contribution is 6.30. The Bertz CT molecular complexity index is 696. The van der Waals surface area contributed by atoms with Crippen LogP contribution in [0.1, 0.15) is 10.4 Å². The first kappa shape index (κ1) is 13.1. The maximum absolute atomic E-state index is 11.7. The summed E-state index contributed by atoms with van der Waals surface area (Å²) in [6.07, 6.45) is 2.84. The molecule has 0 saturated heterocycles. The topological polar surface area (TPSA) is 81.4 Å². The van der Waals surface area contributed by atoms with Crippen LogP contribution >= 0.6 is 11.6 Å². The molecule has 0 aliphatic rings. The van der Waals surface area contributed by atoms with Crippen LogP contribution in [0, 0.1) is 0 Å². The first-order valence-corrected chi connectivity index (χ1v) is 5.59. The number of aryl methyl sites for hydroxylation is 1. The van der Waals surface area contributed by atoms with Crippen molar-refractivity contribution >= 4 is 17.6 Å². The Labute approximate surface area is 112 Å². The van der Waals surface area contributed by atoms with Crippen molar-refractivity contribution in [3.8, 4) is 11.6 Å². The number of ether oxygens (including phenoxy) is 1. The van der Waals surface area contributed by atoms with Gasteiger partial charge in [0.1, 0.15) is 11.3 Å². The number of nitrogens with zero attached hydrogens (tertiary/aromatic N) is 2. The molecule has 1 aromatic carbocycles. The van der Waals surface area contributed by atoms with Gasteiger partial charge in [0.05, 0.1) is 0 Å². The molecule has 6 nitrogen and oxygen atoms in total. The lowest BCUT2D eigenvalue weighted by Gasteiger charge is -2.08. The summed E-state index contributed by atoms with van der Waals surface area (Å²) in [6.45, 7) is 0. The van der Waals surface area contributed by atoms with Crippen molar-refractivity contribution in [2.24, 2.45) is 7.05 Å². The fraction of sp³-hybridized carbons (Fsp3) is 0.0833. The lowest BCUT2D eigenvalue weighted by Crippen LogP contribution is -2.18. The average molecular weight is 281 g/mol. The Morgan fingerprint density at radius 3 is 2.89 bits per heavy atom. The van der Waals surface area contributed by atoms with Crippen LogP contribution < -0.4 is 10.3 Å². The predicted molar refractivity (Wildman–Crippen MR) is 68.0 cm³/mol. The van der Waals surface area contributed by atoms with Crippen molar-refractivity contribution in [2.45, 2.75) is 0 Å². The van der Waals surface area contributed by atoms with Crippen molar-refractivity contribution in [3.63, 3.8) is 0 Å². The maximum Gasteiger partial charge on any atom is 0.339 e. The molecule has 0 amide bonds. The summed E-state index contributed by atoms with van der Waals surface area (Å²) in [5, 5.41) is 9.33. The third-order valence-electron chi connectivity index (χ3n) is 2.37. The molecule has 19 heavy (non-hydrogen) atoms. The van der Waals surface area contributed by atoms with Gasteiger partial charge in [-0.1, -0.05) is 11.6 Å². The number of halogens is 1. The summed E-state index contributed by atoms with van der Waals surface area (Å²) in [4.78, 5) is 26.6. The van der Waals surface area contributed by atoms with Gasteiger partial charge in [-0.05, 0) is 12.1 Å². The van der Waals surface area contributed by atoms with E-state index in [-0.39, 0.29) is 17.2 Å². The molecular weight excluding hydrogens is 272 g/mol. The number of hydrogen-bond acceptors (Lipinski definition) is 4. The van der Waals surface area contributed by atoms with Gasteiger partial charge >= 0.3 is 11.5 Å². The molecule has 0 radical (unpaired) electrons. The summed E-state index contributed by atoms with van der Waals surface area (Å²) < 4.78 is 6.52. The lowest BCUT2D eigenvalue weighted by atomic mass is 10.2. The van der Waals surface area contributed by atoms with Gasteiger partial charge in [0, 0.05) is 30.5 Å². The Morgan fingerprint density at radius 2 is 2.21 bits per heavy atom. The van der Waals surface area contributed by atoms with E-state index in [4.69, 9.17) is 21.4 Å². The van der Waals surface area contributed by atoms with Gasteiger partial charge in [0.15, 0.2) is 0 Å². The molecule has 0 atom stereocenters. The zero-order valence-electron chi connectivity index (χ0n) is 9.83. The van der Waals surface area contributed by atoms with Crippen LogP contribution in [0.3, 0.4) is 0 Å². The Morgan fingerprint density at radius 1 is 1.47 bits per heavy atom. The number of aromatic nitrogens is 2. The molecule has 1 aromatic heterocycles. The Hall–Kier alpha value is -2.34. The molecule has 98 valence electrons. The van der Waals surface area contributed by atoms with Crippen LogP contribution in [0.25, 0.3) is 0 Å². The molecule has 1 N–H and O–H groups in total. The van der Waals surface area contributed by atoms with Gasteiger partial charge in [-0.15, -0.1) is 0 Å². The van der Waals surface area contributed by atoms with E-state index in [1.54, 1.807) is 0 Å². The third kappa shape index (κ3) is 2.74. The fourth-order valence-electron chi connectivity index (χ4n) is 1.41. The zero-order chi connectivity index (χ0) is 14.0. The number of carboxylic acid groups (broad SMARTS) is 1. The second-order valence-electron chi connectivity index (χ2n) is 3.70. The minimum atomic E-state index is -1.18. The third-order valence-corrected chi connectivity index (χ3v) is 2.60. The molecular formula is C12H9ClN2O4. The highest BCUT2D eigenvalue weighted by atomic mass is 35.5. The first-order valence-electron chi connectivity index (χ1n) is 5.21. The summed E-state index contributed by atoms with van der Waals surface area (Å²) in [5.74, 6) is -1.43. The number of benzene rings is 1. The average Bonchev–Trinajstić information content (AvgIpc) is 2.35. The quantitative estimate of drug-likeness (QED) is 0.929. The van der Waals surface area contributed by atoms with Gasteiger partial charge in [-0.2, -0.15) is 0 Å². The summed E-state index contributed by atoms with van der Waals surface area (Å²) in [5.41, 5.74) is -0.573. The molecule has 0 saturated carbocycles. The van der Waals surface area contributed by atoms with Crippen LogP contribution in [-0.4, -0.2) is 20.6 Å². The molecule has 0 bridgehead atoms. The zero-order valence-corrected chi connectivity index (χ0v) is 10.6. The number of carbonyl (C=O) groups is 1. The predicted octanol–water partition coefficient (Wildman–Crippen LogP) is 1.92. The number of carboxylic acids is 1. The smallest absolute Gasteiger partial charge is 0.339 e. The van der Waals surface area contributed by atoms with Crippen LogP contribution in [-0.2, 0) is 7.05 Å². The van der Waals surface area contributed by atoms with E-state index in [9.17, 15) is 9.59 Å². The monoisotopic (exact) mass is 280 g/mol. The Balaban J connectivity index is 2.48. The number of hydrogen-bond donors (Lipinski definition) is 1. The highest BCUT2D eigenvalue weighted by Crippen LogP contribution is 2.26. The van der Waals surface area contributed by atoms with E-state index >= 15 is 0 Å². The van der Waals surface area contributed by atoms with Crippen LogP contribution in [0.2, 0.25) is 5.02 Å². The standard InChI is InChI=1S/C12H9ClN2O4/c1-15-5-4-14-10(11(15)16)19-9-6-7(13)2-3-8(9)12(17)18/h2-6H,1H3,(H,17,18). The van der Waals surface area contributed by atoms with E-state index in [1.807, 2.05) is 0 Å². The number of rotatable bonds is 3. The highest BCUT2D eigenvalue weighted by Gasteiger charge is 2.15. The molecule has 7 heteroatoms. The Kier molecular flexibility index (Phi) is 3.52. The fourth-order valence-corrected chi connectivity index (χ4v) is 1.57. The molecule has 1 heterocycles. The van der Waals surface area contributed by atoms with Crippen LogP contribution in [0.15, 0.2) is 35.4 Å². The molecule has 2 aromatic rings. The summed E-state index contributed by atoms with van der Waals surface area (Å²) >= 11 is 5.78. The van der Waals surface area contributed by atoms with Crippen molar-refractivity contribution in [2.75, 3.05) is 0 Å². The van der Waals surface area contributed by atoms with Gasteiger partial charge in [0.2, 0.25) is 0 Å². The van der Waals surface area contributed by atoms with Crippen molar-refractivity contribution in [1.29, 1.82) is 0 Å². The van der Waals surface area contributed by atoms with Gasteiger partial charge in [-0.25, -0.2) is 9.78 Å². The summed E-state index contributed by atoms with van der Waals surface area (Å²) in [7, 11) is 1.53. The molecule has 0 spiro atoms. The maximum atomic E-state index is 11.7. The van der Waals surface area contributed by atoms with Crippen molar-refractivity contribution in [3.05, 3.63) is 51.5 Å². The SMILES string of the molecule is Cn1ccnc(Oc2cc(Cl)ccc2C(=O)O)c1=O. The second-order valence-corrected chi connectivity index (χ2v) is 4.13. The van der Waals surface area contributed by atoms with Crippen molar-refractivity contribution in [1.82, 2.24) is 9.55 Å².